The van der Waals surface area contributed by atoms with E-state index in [9.17, 15) is 4.79 Å². The zero-order valence-electron chi connectivity index (χ0n) is 9.89. The highest BCUT2D eigenvalue weighted by atomic mass is 32.1. The van der Waals surface area contributed by atoms with Crippen LogP contribution in [0.1, 0.15) is 42.4 Å². The summed E-state index contributed by atoms with van der Waals surface area (Å²) in [6.07, 6.45) is 0.577. The second-order valence-electron chi connectivity index (χ2n) is 4.80. The van der Waals surface area contributed by atoms with Crippen LogP contribution in [0.25, 0.3) is 0 Å². The molecule has 15 heavy (non-hydrogen) atoms. The molecule has 0 spiro atoms. The van der Waals surface area contributed by atoms with Crippen molar-refractivity contribution in [1.82, 2.24) is 5.32 Å². The van der Waals surface area contributed by atoms with Gasteiger partial charge in [-0.05, 0) is 33.8 Å². The maximum Gasteiger partial charge on any atom is 0.164 e. The minimum Gasteiger partial charge on any atom is -0.312 e. The summed E-state index contributed by atoms with van der Waals surface area (Å²) in [5, 5.41) is 5.25. The molecule has 0 aliphatic carbocycles. The molecule has 1 aromatic rings. The van der Waals surface area contributed by atoms with Gasteiger partial charge < -0.3 is 5.32 Å². The number of hydrogen-bond donors (Lipinski definition) is 1. The average molecular weight is 225 g/mol. The summed E-state index contributed by atoms with van der Waals surface area (Å²) in [5.41, 5.74) is 0.943. The lowest BCUT2D eigenvalue weighted by Crippen LogP contribution is -2.37. The summed E-state index contributed by atoms with van der Waals surface area (Å²) in [6, 6.07) is 1.96. The Labute approximate surface area is 95.7 Å². The maximum absolute atomic E-state index is 11.7. The molecule has 1 aromatic heterocycles. The normalized spacial score (nSPS) is 11.7. The van der Waals surface area contributed by atoms with Crippen LogP contribution in [-0.4, -0.2) is 17.9 Å². The molecule has 0 aliphatic rings. The quantitative estimate of drug-likeness (QED) is 0.798. The summed E-state index contributed by atoms with van der Waals surface area (Å²) in [4.78, 5) is 12.9. The minimum absolute atomic E-state index is 0.0881. The van der Waals surface area contributed by atoms with E-state index in [1.54, 1.807) is 11.3 Å². The van der Waals surface area contributed by atoms with E-state index in [1.807, 2.05) is 18.4 Å². The van der Waals surface area contributed by atoms with Crippen molar-refractivity contribution >= 4 is 17.1 Å². The average Bonchev–Trinajstić information content (AvgIpc) is 2.49. The Morgan fingerprint density at radius 3 is 2.60 bits per heavy atom. The largest absolute Gasteiger partial charge is 0.312 e. The van der Waals surface area contributed by atoms with Crippen LogP contribution >= 0.6 is 11.3 Å². The zero-order chi connectivity index (χ0) is 11.5. The van der Waals surface area contributed by atoms with Gasteiger partial charge in [-0.1, -0.05) is 0 Å². The number of ketones is 1. The molecular weight excluding hydrogens is 206 g/mol. The van der Waals surface area contributed by atoms with Crippen LogP contribution in [0, 0.1) is 6.92 Å². The molecule has 3 heteroatoms. The molecule has 0 radical (unpaired) electrons. The van der Waals surface area contributed by atoms with Crippen molar-refractivity contribution in [1.29, 1.82) is 0 Å². The van der Waals surface area contributed by atoms with Crippen LogP contribution in [0.5, 0.6) is 0 Å². The van der Waals surface area contributed by atoms with Crippen molar-refractivity contribution < 1.29 is 4.79 Å². The van der Waals surface area contributed by atoms with Crippen molar-refractivity contribution in [3.05, 3.63) is 21.9 Å². The topological polar surface area (TPSA) is 29.1 Å². The van der Waals surface area contributed by atoms with Crippen LogP contribution in [-0.2, 0) is 0 Å². The number of nitrogens with one attached hydrogen (secondary N) is 1. The fourth-order valence-corrected chi connectivity index (χ4v) is 1.99. The molecule has 0 aliphatic heterocycles. The molecule has 1 rings (SSSR count). The first-order valence-corrected chi connectivity index (χ1v) is 6.10. The van der Waals surface area contributed by atoms with Gasteiger partial charge in [-0.25, -0.2) is 0 Å². The highest BCUT2D eigenvalue weighted by Crippen LogP contribution is 2.14. The van der Waals surface area contributed by atoms with Crippen LogP contribution in [0.2, 0.25) is 0 Å². The Hall–Kier alpha value is -0.670. The second-order valence-corrected chi connectivity index (χ2v) is 5.91. The van der Waals surface area contributed by atoms with Crippen molar-refractivity contribution in [3.63, 3.8) is 0 Å². The molecule has 0 aromatic carbocycles. The summed E-state index contributed by atoms with van der Waals surface area (Å²) >= 11 is 1.63. The van der Waals surface area contributed by atoms with Gasteiger partial charge in [0, 0.05) is 34.3 Å². The van der Waals surface area contributed by atoms with Crippen molar-refractivity contribution in [2.45, 2.75) is 39.7 Å². The van der Waals surface area contributed by atoms with E-state index < -0.39 is 0 Å². The van der Waals surface area contributed by atoms with Gasteiger partial charge >= 0.3 is 0 Å². The minimum atomic E-state index is 0.0881. The molecule has 0 bridgehead atoms. The summed E-state index contributed by atoms with van der Waals surface area (Å²) in [5.74, 6) is 0.233. The lowest BCUT2D eigenvalue weighted by atomic mass is 10.1. The van der Waals surface area contributed by atoms with Crippen LogP contribution in [0.4, 0.5) is 0 Å². The van der Waals surface area contributed by atoms with E-state index in [1.165, 1.54) is 4.88 Å². The lowest BCUT2D eigenvalue weighted by molar-refractivity contribution is 0.0981. The Morgan fingerprint density at radius 1 is 1.47 bits per heavy atom. The zero-order valence-corrected chi connectivity index (χ0v) is 10.7. The molecule has 0 atom stereocenters. The molecule has 0 saturated carbocycles. The molecule has 0 amide bonds. The van der Waals surface area contributed by atoms with Crippen LogP contribution in [0.15, 0.2) is 11.4 Å². The highest BCUT2D eigenvalue weighted by Gasteiger charge is 2.11. The smallest absolute Gasteiger partial charge is 0.164 e. The van der Waals surface area contributed by atoms with Crippen molar-refractivity contribution in [2.24, 2.45) is 0 Å². The number of Topliss-reactive ketones (excluding diaryl/α,β-unsaturated/α-hetero) is 1. The van der Waals surface area contributed by atoms with Gasteiger partial charge in [0.2, 0.25) is 0 Å². The standard InChI is InChI=1S/C12H19NOS/c1-9-7-10(8-15-9)11(14)5-6-13-12(2,3)4/h7-8,13H,5-6H2,1-4H3. The highest BCUT2D eigenvalue weighted by molar-refractivity contribution is 7.10. The fourth-order valence-electron chi connectivity index (χ4n) is 1.29. The number of hydrogen-bond acceptors (Lipinski definition) is 3. The van der Waals surface area contributed by atoms with Crippen LogP contribution in [0.3, 0.4) is 0 Å². The number of carbonyl (C=O) groups is 1. The van der Waals surface area contributed by atoms with E-state index in [2.05, 4.69) is 26.1 Å². The number of thiophene rings is 1. The van der Waals surface area contributed by atoms with Crippen LogP contribution < -0.4 is 5.32 Å². The monoisotopic (exact) mass is 225 g/mol. The lowest BCUT2D eigenvalue weighted by Gasteiger charge is -2.19. The number of carbonyl (C=O) groups excluding carboxylic acids is 1. The third kappa shape index (κ3) is 4.58. The number of aryl methyl sites for hydroxylation is 1. The molecule has 1 heterocycles. The third-order valence-electron chi connectivity index (χ3n) is 2.06. The molecule has 0 saturated heterocycles. The van der Waals surface area contributed by atoms with Gasteiger partial charge in [0.15, 0.2) is 5.78 Å². The molecule has 84 valence electrons. The van der Waals surface area contributed by atoms with Gasteiger partial charge in [-0.2, -0.15) is 0 Å². The van der Waals surface area contributed by atoms with E-state index in [4.69, 9.17) is 0 Å². The van der Waals surface area contributed by atoms with E-state index in [-0.39, 0.29) is 11.3 Å². The second kappa shape index (κ2) is 4.90. The van der Waals surface area contributed by atoms with Gasteiger partial charge in [0.25, 0.3) is 0 Å². The molecule has 2 nitrogen and oxygen atoms in total. The summed E-state index contributed by atoms with van der Waals surface area (Å²) < 4.78 is 0. The first kappa shape index (κ1) is 12.4. The molecular formula is C12H19NOS. The SMILES string of the molecule is Cc1cc(C(=O)CCNC(C)(C)C)cs1. The predicted molar refractivity (Wildman–Crippen MR) is 65.8 cm³/mol. The van der Waals surface area contributed by atoms with Crippen molar-refractivity contribution in [3.8, 4) is 0 Å². The Bertz CT molecular complexity index is 336. The van der Waals surface area contributed by atoms with E-state index in [0.717, 1.165) is 12.1 Å². The third-order valence-corrected chi connectivity index (χ3v) is 2.92. The van der Waals surface area contributed by atoms with Gasteiger partial charge in [-0.15, -0.1) is 11.3 Å². The molecule has 1 N–H and O–H groups in total. The molecule has 0 unspecified atom stereocenters. The first-order valence-electron chi connectivity index (χ1n) is 5.22. The van der Waals surface area contributed by atoms with Crippen molar-refractivity contribution in [2.75, 3.05) is 6.54 Å². The van der Waals surface area contributed by atoms with Gasteiger partial charge in [0.1, 0.15) is 0 Å². The molecule has 0 fully saturated rings. The van der Waals surface area contributed by atoms with Gasteiger partial charge in [-0.3, -0.25) is 4.79 Å². The Kier molecular flexibility index (Phi) is 4.05. The van der Waals surface area contributed by atoms with Gasteiger partial charge in [0.05, 0.1) is 0 Å². The summed E-state index contributed by atoms with van der Waals surface area (Å²) in [7, 11) is 0. The van der Waals surface area contributed by atoms with E-state index in [0.29, 0.717) is 6.42 Å². The number of rotatable bonds is 4. The summed E-state index contributed by atoms with van der Waals surface area (Å²) in [6.45, 7) is 9.08. The predicted octanol–water partition coefficient (Wildman–Crippen LogP) is 3.02. The fraction of sp³-hybridized carbons (Fsp3) is 0.583. The Balaban J connectivity index is 2.37. The van der Waals surface area contributed by atoms with E-state index >= 15 is 0 Å². The first-order chi connectivity index (χ1) is 6.88. The Morgan fingerprint density at radius 2 is 2.13 bits per heavy atom. The maximum atomic E-state index is 11.7.